The van der Waals surface area contributed by atoms with E-state index in [1.807, 2.05) is 12.3 Å². The maximum Gasteiger partial charge on any atom is 0.125 e. The highest BCUT2D eigenvalue weighted by atomic mass is 31.0. The van der Waals surface area contributed by atoms with Crippen LogP contribution in [0.1, 0.15) is 38.2 Å². The zero-order valence-corrected chi connectivity index (χ0v) is 19.6. The van der Waals surface area contributed by atoms with E-state index in [4.69, 9.17) is 4.98 Å². The first kappa shape index (κ1) is 21.2. The molecule has 0 aliphatic heterocycles. The lowest BCUT2D eigenvalue weighted by molar-refractivity contribution is 0.282. The van der Waals surface area contributed by atoms with Crippen molar-refractivity contribution in [3.05, 3.63) is 66.6 Å². The van der Waals surface area contributed by atoms with Gasteiger partial charge in [-0.1, -0.05) is 32.4 Å². The Balaban J connectivity index is 1.54. The minimum Gasteiger partial charge on any atom is -0.385 e. The Hall–Kier alpha value is -2.71. The Bertz CT molecular complexity index is 1310. The Morgan fingerprint density at radius 1 is 1.19 bits per heavy atom. The summed E-state index contributed by atoms with van der Waals surface area (Å²) in [5, 5.41) is 6.71. The molecule has 1 fully saturated rings. The number of aromatic amines is 1. The molecule has 4 aromatic rings. The fourth-order valence-electron chi connectivity index (χ4n) is 5.05. The van der Waals surface area contributed by atoms with Gasteiger partial charge in [0.2, 0.25) is 0 Å². The van der Waals surface area contributed by atoms with E-state index in [1.54, 1.807) is 0 Å². The minimum absolute atomic E-state index is 0.283. The summed E-state index contributed by atoms with van der Waals surface area (Å²) in [7, 11) is 2.74. The minimum atomic E-state index is -0.283. The molecule has 0 spiro atoms. The predicted molar refractivity (Wildman–Crippen MR) is 136 cm³/mol. The summed E-state index contributed by atoms with van der Waals surface area (Å²) < 4.78 is 14.1. The largest absolute Gasteiger partial charge is 0.385 e. The lowest BCUT2D eigenvalue weighted by Crippen LogP contribution is -2.25. The molecule has 2 N–H and O–H groups in total. The fourth-order valence-corrected chi connectivity index (χ4v) is 5.31. The number of fused-ring (bicyclic) bond motifs is 2. The topological polar surface area (TPSA) is 40.7 Å². The SMILES string of the molecule is C=C(NCC1CCCC(C)C1)c1cc(-c2c[nH]c3ccc(P)cc23)nc2cc(F)ccc12. The van der Waals surface area contributed by atoms with Crippen LogP contribution in [0.2, 0.25) is 0 Å². The first-order valence-electron chi connectivity index (χ1n) is 11.4. The summed E-state index contributed by atoms with van der Waals surface area (Å²) in [6, 6.07) is 13.1. The maximum absolute atomic E-state index is 14.1. The Kier molecular flexibility index (Phi) is 5.73. The number of nitrogens with zero attached hydrogens (tertiary/aromatic N) is 1. The number of hydrogen-bond acceptors (Lipinski definition) is 2. The molecule has 0 bridgehead atoms. The average Bonchev–Trinajstić information content (AvgIpc) is 3.19. The smallest absolute Gasteiger partial charge is 0.125 e. The highest BCUT2D eigenvalue weighted by molar-refractivity contribution is 7.27. The summed E-state index contributed by atoms with van der Waals surface area (Å²) >= 11 is 0. The van der Waals surface area contributed by atoms with Crippen LogP contribution in [0.3, 0.4) is 0 Å². The second kappa shape index (κ2) is 8.67. The first-order valence-corrected chi connectivity index (χ1v) is 12.0. The highest BCUT2D eigenvalue weighted by Gasteiger charge is 2.19. The molecule has 32 heavy (non-hydrogen) atoms. The average molecular weight is 446 g/mol. The number of nitrogens with one attached hydrogen (secondary N) is 2. The van der Waals surface area contributed by atoms with Crippen molar-refractivity contribution in [1.29, 1.82) is 0 Å². The molecule has 5 rings (SSSR count). The van der Waals surface area contributed by atoms with Gasteiger partial charge >= 0.3 is 0 Å². The molecule has 0 radical (unpaired) electrons. The summed E-state index contributed by atoms with van der Waals surface area (Å²) in [5.74, 6) is 1.19. The van der Waals surface area contributed by atoms with Crippen molar-refractivity contribution in [2.24, 2.45) is 11.8 Å². The maximum atomic E-state index is 14.1. The summed E-state index contributed by atoms with van der Waals surface area (Å²) in [5.41, 5.74) is 5.36. The van der Waals surface area contributed by atoms with E-state index in [9.17, 15) is 4.39 Å². The van der Waals surface area contributed by atoms with Crippen molar-refractivity contribution < 1.29 is 4.39 Å². The fraction of sp³-hybridized carbons (Fsp3) is 0.296. The van der Waals surface area contributed by atoms with Gasteiger partial charge in [0.15, 0.2) is 0 Å². The standard InChI is InChI=1S/C27H29FN3P/c1-16-4-3-5-18(10-16)14-29-17(2)22-13-27(31-26-11-19(28)6-8-21(22)26)24-15-30-25-9-7-20(32)12-23(24)25/h6-9,11-13,15-16,18,29-30H,2-5,10,14,32H2,1H3. The van der Waals surface area contributed by atoms with Gasteiger partial charge in [0, 0.05) is 51.9 Å². The van der Waals surface area contributed by atoms with E-state index in [0.29, 0.717) is 11.4 Å². The summed E-state index contributed by atoms with van der Waals surface area (Å²) in [6.07, 6.45) is 7.15. The van der Waals surface area contributed by atoms with Crippen molar-refractivity contribution >= 4 is 42.0 Å². The molecule has 0 saturated heterocycles. The number of benzene rings is 2. The quantitative estimate of drug-likeness (QED) is 0.349. The number of hydrogen-bond donors (Lipinski definition) is 2. The van der Waals surface area contributed by atoms with Crippen molar-refractivity contribution in [2.45, 2.75) is 32.6 Å². The summed E-state index contributed by atoms with van der Waals surface area (Å²) in [6.45, 7) is 7.63. The number of H-pyrrole nitrogens is 1. The molecule has 0 amide bonds. The van der Waals surface area contributed by atoms with Gasteiger partial charge < -0.3 is 10.3 Å². The molecule has 3 nitrogen and oxygen atoms in total. The number of rotatable bonds is 5. The van der Waals surface area contributed by atoms with Crippen LogP contribution in [0.4, 0.5) is 4.39 Å². The monoisotopic (exact) mass is 445 g/mol. The number of aromatic nitrogens is 2. The van der Waals surface area contributed by atoms with Crippen LogP contribution in [-0.2, 0) is 0 Å². The highest BCUT2D eigenvalue weighted by Crippen LogP contribution is 2.33. The van der Waals surface area contributed by atoms with Crippen LogP contribution >= 0.6 is 9.24 Å². The first-order chi connectivity index (χ1) is 15.5. The molecule has 2 aromatic heterocycles. The predicted octanol–water partition coefficient (Wildman–Crippen LogP) is 6.41. The zero-order valence-electron chi connectivity index (χ0n) is 18.4. The molecular weight excluding hydrogens is 416 g/mol. The number of halogens is 1. The van der Waals surface area contributed by atoms with E-state index in [2.05, 4.69) is 57.3 Å². The van der Waals surface area contributed by atoms with Crippen LogP contribution in [0.5, 0.6) is 0 Å². The van der Waals surface area contributed by atoms with Crippen LogP contribution in [0, 0.1) is 17.7 Å². The van der Waals surface area contributed by atoms with Gasteiger partial charge in [-0.3, -0.25) is 0 Å². The van der Waals surface area contributed by atoms with Crippen molar-refractivity contribution in [2.75, 3.05) is 6.54 Å². The van der Waals surface area contributed by atoms with Gasteiger partial charge in [-0.05, 0) is 60.3 Å². The van der Waals surface area contributed by atoms with E-state index in [1.165, 1.54) is 37.8 Å². The summed E-state index contributed by atoms with van der Waals surface area (Å²) in [4.78, 5) is 8.16. The van der Waals surface area contributed by atoms with Gasteiger partial charge in [-0.15, -0.1) is 9.24 Å². The van der Waals surface area contributed by atoms with Gasteiger partial charge in [-0.25, -0.2) is 9.37 Å². The van der Waals surface area contributed by atoms with E-state index >= 15 is 0 Å². The molecule has 3 atom stereocenters. The molecule has 1 saturated carbocycles. The second-order valence-electron chi connectivity index (χ2n) is 9.22. The van der Waals surface area contributed by atoms with Gasteiger partial charge in [0.1, 0.15) is 5.82 Å². The molecule has 5 heteroatoms. The molecule has 1 aliphatic rings. The van der Waals surface area contributed by atoms with Crippen molar-refractivity contribution in [3.63, 3.8) is 0 Å². The Labute approximate surface area is 190 Å². The lowest BCUT2D eigenvalue weighted by Gasteiger charge is -2.27. The van der Waals surface area contributed by atoms with Gasteiger partial charge in [0.25, 0.3) is 0 Å². The molecule has 1 aliphatic carbocycles. The van der Waals surface area contributed by atoms with Crippen molar-refractivity contribution in [1.82, 2.24) is 15.3 Å². The van der Waals surface area contributed by atoms with E-state index in [0.717, 1.165) is 56.6 Å². The Morgan fingerprint density at radius 3 is 2.91 bits per heavy atom. The van der Waals surface area contributed by atoms with E-state index in [-0.39, 0.29) is 5.82 Å². The molecule has 2 aromatic carbocycles. The molecule has 2 heterocycles. The van der Waals surface area contributed by atoms with Crippen molar-refractivity contribution in [3.8, 4) is 11.3 Å². The van der Waals surface area contributed by atoms with E-state index < -0.39 is 0 Å². The Morgan fingerprint density at radius 2 is 2.06 bits per heavy atom. The molecular formula is C27H29FN3P. The third-order valence-electron chi connectivity index (χ3n) is 6.73. The lowest BCUT2D eigenvalue weighted by atomic mass is 9.82. The zero-order chi connectivity index (χ0) is 22.2. The normalized spacial score (nSPS) is 18.8. The third-order valence-corrected chi connectivity index (χ3v) is 7.09. The van der Waals surface area contributed by atoms with Gasteiger partial charge in [0.05, 0.1) is 11.2 Å². The van der Waals surface area contributed by atoms with Crippen LogP contribution in [0.15, 0.2) is 55.2 Å². The molecule has 164 valence electrons. The molecule has 3 unspecified atom stereocenters. The van der Waals surface area contributed by atoms with Gasteiger partial charge in [-0.2, -0.15) is 0 Å². The number of pyridine rings is 1. The van der Waals surface area contributed by atoms with Crippen LogP contribution in [-0.4, -0.2) is 16.5 Å². The van der Waals surface area contributed by atoms with Crippen LogP contribution in [0.25, 0.3) is 38.8 Å². The van der Waals surface area contributed by atoms with Crippen LogP contribution < -0.4 is 10.6 Å². The third kappa shape index (κ3) is 4.17. The second-order valence-corrected chi connectivity index (χ2v) is 9.89.